The monoisotopic (exact) mass is 336 g/mol. The van der Waals surface area contributed by atoms with Crippen LogP contribution in [0.25, 0.3) is 16.7 Å². The van der Waals surface area contributed by atoms with Crippen molar-refractivity contribution in [2.75, 3.05) is 0 Å². The van der Waals surface area contributed by atoms with E-state index in [4.69, 9.17) is 0 Å². The Kier molecular flexibility index (Phi) is 2.94. The highest BCUT2D eigenvalue weighted by atomic mass is 79.9. The molecule has 2 aromatic heterocycles. The molecule has 100 valence electrons. The molecule has 0 N–H and O–H groups in total. The molecule has 0 saturated carbocycles. The van der Waals surface area contributed by atoms with Crippen molar-refractivity contribution in [2.24, 2.45) is 0 Å². The molecule has 3 aromatic rings. The minimum Gasteiger partial charge on any atom is -0.258 e. The van der Waals surface area contributed by atoms with Crippen LogP contribution in [0.15, 0.2) is 41.1 Å². The zero-order chi connectivity index (χ0) is 14.3. The highest BCUT2D eigenvalue weighted by Crippen LogP contribution is 2.23. The molecule has 0 radical (unpaired) electrons. The van der Waals surface area contributed by atoms with Crippen LogP contribution >= 0.6 is 15.9 Å². The Morgan fingerprint density at radius 1 is 1.35 bits per heavy atom. The Hall–Kier alpha value is -2.35. The molecule has 0 bridgehead atoms. The number of aromatic nitrogens is 3. The molecule has 0 spiro atoms. The summed E-state index contributed by atoms with van der Waals surface area (Å²) >= 11 is 3.28. The summed E-state index contributed by atoms with van der Waals surface area (Å²) in [5, 5.41) is 15.6. The summed E-state index contributed by atoms with van der Waals surface area (Å²) in [5.41, 5.74) is 0.238. The van der Waals surface area contributed by atoms with Crippen LogP contribution in [0.2, 0.25) is 0 Å². The lowest BCUT2D eigenvalue weighted by molar-refractivity contribution is -0.384. The summed E-state index contributed by atoms with van der Waals surface area (Å²) < 4.78 is 15.8. The molecule has 8 heteroatoms. The molecule has 3 rings (SSSR count). The smallest absolute Gasteiger partial charge is 0.258 e. The van der Waals surface area contributed by atoms with Crippen molar-refractivity contribution in [1.82, 2.24) is 14.8 Å². The second kappa shape index (κ2) is 4.64. The fourth-order valence-corrected chi connectivity index (χ4v) is 2.15. The average molecular weight is 337 g/mol. The fourth-order valence-electron chi connectivity index (χ4n) is 1.80. The van der Waals surface area contributed by atoms with Gasteiger partial charge in [-0.3, -0.25) is 10.1 Å². The molecule has 1 aromatic carbocycles. The molecule has 0 saturated heterocycles. The predicted octanol–water partition coefficient (Wildman–Crippen LogP) is 3.23. The van der Waals surface area contributed by atoms with E-state index in [0.29, 0.717) is 11.0 Å². The quantitative estimate of drug-likeness (QED) is 0.532. The Balaban J connectivity index is 2.19. The lowest BCUT2D eigenvalue weighted by atomic mass is 10.2. The first-order valence-corrected chi connectivity index (χ1v) is 6.29. The molecular weight excluding hydrogens is 331 g/mol. The van der Waals surface area contributed by atoms with Crippen LogP contribution in [-0.4, -0.2) is 19.7 Å². The Labute approximate surface area is 120 Å². The fraction of sp³-hybridized carbons (Fsp3) is 0. The second-order valence-electron chi connectivity index (χ2n) is 4.03. The van der Waals surface area contributed by atoms with Crippen molar-refractivity contribution in [3.63, 3.8) is 0 Å². The molecule has 0 aliphatic rings. The van der Waals surface area contributed by atoms with E-state index < -0.39 is 10.7 Å². The van der Waals surface area contributed by atoms with E-state index >= 15 is 0 Å². The molecule has 2 heterocycles. The van der Waals surface area contributed by atoms with Crippen LogP contribution in [0.4, 0.5) is 10.1 Å². The van der Waals surface area contributed by atoms with Gasteiger partial charge < -0.3 is 0 Å². The van der Waals surface area contributed by atoms with E-state index in [2.05, 4.69) is 26.0 Å². The van der Waals surface area contributed by atoms with Gasteiger partial charge in [-0.1, -0.05) is 0 Å². The van der Waals surface area contributed by atoms with E-state index in [1.165, 1.54) is 4.68 Å². The van der Waals surface area contributed by atoms with Crippen molar-refractivity contribution in [2.45, 2.75) is 0 Å². The number of rotatable bonds is 2. The van der Waals surface area contributed by atoms with Crippen LogP contribution in [0.3, 0.4) is 0 Å². The number of hydrogen-bond acceptors (Lipinski definition) is 4. The summed E-state index contributed by atoms with van der Waals surface area (Å²) in [6.45, 7) is 0. The van der Waals surface area contributed by atoms with E-state index in [0.717, 1.165) is 22.7 Å². The number of non-ortho nitro benzene ring substituents is 1. The first-order valence-electron chi connectivity index (χ1n) is 5.50. The van der Waals surface area contributed by atoms with Crippen molar-refractivity contribution >= 4 is 32.7 Å². The minimum absolute atomic E-state index is 0.00771. The number of nitro groups is 1. The van der Waals surface area contributed by atoms with Crippen molar-refractivity contribution in [3.05, 3.63) is 57.1 Å². The van der Waals surface area contributed by atoms with Gasteiger partial charge in [0.25, 0.3) is 5.69 Å². The maximum atomic E-state index is 13.8. The second-order valence-corrected chi connectivity index (χ2v) is 4.95. The summed E-state index contributed by atoms with van der Waals surface area (Å²) in [5.74, 6) is -0.595. The Morgan fingerprint density at radius 3 is 2.90 bits per heavy atom. The summed E-state index contributed by atoms with van der Waals surface area (Å²) in [7, 11) is 0. The molecule has 0 aliphatic carbocycles. The molecule has 0 atom stereocenters. The van der Waals surface area contributed by atoms with Gasteiger partial charge in [0.2, 0.25) is 0 Å². The van der Waals surface area contributed by atoms with Crippen molar-refractivity contribution in [1.29, 1.82) is 0 Å². The zero-order valence-corrected chi connectivity index (χ0v) is 11.4. The first-order chi connectivity index (χ1) is 9.54. The SMILES string of the molecule is O=[N+]([O-])c1ccc(F)c(-n2cc3cc(Br)cnc3n2)c1. The predicted molar refractivity (Wildman–Crippen MR) is 73.2 cm³/mol. The maximum Gasteiger partial charge on any atom is 0.271 e. The number of hydrogen-bond donors (Lipinski definition) is 0. The van der Waals surface area contributed by atoms with Crippen LogP contribution in [0, 0.1) is 15.9 Å². The Morgan fingerprint density at radius 2 is 2.15 bits per heavy atom. The number of halogens is 2. The summed E-state index contributed by atoms with van der Waals surface area (Å²) in [6, 6.07) is 5.07. The normalized spacial score (nSPS) is 10.9. The van der Waals surface area contributed by atoms with Crippen LogP contribution in [0.5, 0.6) is 0 Å². The molecular formula is C12H6BrFN4O2. The first kappa shape index (κ1) is 12.7. The van der Waals surface area contributed by atoms with E-state index in [1.807, 2.05) is 0 Å². The van der Waals surface area contributed by atoms with Crippen LogP contribution in [0.1, 0.15) is 0 Å². The molecule has 0 amide bonds. The van der Waals surface area contributed by atoms with Gasteiger partial charge in [-0.2, -0.15) is 0 Å². The lowest BCUT2D eigenvalue weighted by Crippen LogP contribution is -2.00. The van der Waals surface area contributed by atoms with Gasteiger partial charge in [0.1, 0.15) is 11.5 Å². The van der Waals surface area contributed by atoms with E-state index in [1.54, 1.807) is 18.5 Å². The largest absolute Gasteiger partial charge is 0.271 e. The van der Waals surface area contributed by atoms with Crippen LogP contribution in [-0.2, 0) is 0 Å². The van der Waals surface area contributed by atoms with Crippen molar-refractivity contribution < 1.29 is 9.31 Å². The third kappa shape index (κ3) is 2.14. The molecule has 0 aliphatic heterocycles. The number of pyridine rings is 1. The number of nitrogens with zero attached hydrogens (tertiary/aromatic N) is 4. The van der Waals surface area contributed by atoms with E-state index in [-0.39, 0.29) is 11.4 Å². The molecule has 0 unspecified atom stereocenters. The van der Waals surface area contributed by atoms with Gasteiger partial charge >= 0.3 is 0 Å². The van der Waals surface area contributed by atoms with Gasteiger partial charge in [-0.15, -0.1) is 5.10 Å². The van der Waals surface area contributed by atoms with Gasteiger partial charge in [-0.05, 0) is 28.1 Å². The van der Waals surface area contributed by atoms with Gasteiger partial charge in [-0.25, -0.2) is 14.1 Å². The van der Waals surface area contributed by atoms with Crippen molar-refractivity contribution in [3.8, 4) is 5.69 Å². The van der Waals surface area contributed by atoms with Gasteiger partial charge in [0.15, 0.2) is 5.65 Å². The third-order valence-electron chi connectivity index (χ3n) is 2.71. The minimum atomic E-state index is -0.595. The highest BCUT2D eigenvalue weighted by Gasteiger charge is 2.14. The highest BCUT2D eigenvalue weighted by molar-refractivity contribution is 9.10. The number of benzene rings is 1. The van der Waals surface area contributed by atoms with Gasteiger partial charge in [0.05, 0.1) is 4.92 Å². The standard InChI is InChI=1S/C12H6BrFN4O2/c13-8-3-7-6-17(16-12(7)15-5-8)11-4-9(18(19)20)1-2-10(11)14/h1-6H. The molecule has 20 heavy (non-hydrogen) atoms. The Bertz CT molecular complexity index is 833. The zero-order valence-electron chi connectivity index (χ0n) is 9.83. The number of fused-ring (bicyclic) bond motifs is 1. The van der Waals surface area contributed by atoms with Gasteiger partial charge in [0, 0.05) is 34.4 Å². The lowest BCUT2D eigenvalue weighted by Gasteiger charge is -2.02. The topological polar surface area (TPSA) is 73.8 Å². The average Bonchev–Trinajstić information content (AvgIpc) is 2.81. The molecule has 0 fully saturated rings. The third-order valence-corrected chi connectivity index (χ3v) is 3.15. The summed E-state index contributed by atoms with van der Waals surface area (Å²) in [4.78, 5) is 14.2. The van der Waals surface area contributed by atoms with Crippen LogP contribution < -0.4 is 0 Å². The van der Waals surface area contributed by atoms with E-state index in [9.17, 15) is 14.5 Å². The maximum absolute atomic E-state index is 13.8. The molecule has 6 nitrogen and oxygen atoms in total. The summed E-state index contributed by atoms with van der Waals surface area (Å²) in [6.07, 6.45) is 3.14. The number of nitro benzene ring substituents is 1.